The molecule has 1 aromatic heterocycles. The van der Waals surface area contributed by atoms with E-state index in [0.717, 1.165) is 5.56 Å². The Balaban J connectivity index is 1.56. The van der Waals surface area contributed by atoms with Gasteiger partial charge in [0, 0.05) is 18.6 Å². The molecule has 42 heavy (non-hydrogen) atoms. The molecule has 4 N–H and O–H groups in total. The summed E-state index contributed by atoms with van der Waals surface area (Å²) in [5, 5.41) is 18.0. The monoisotopic (exact) mass is 581 g/mol. The van der Waals surface area contributed by atoms with E-state index in [9.17, 15) is 29.1 Å². The highest BCUT2D eigenvalue weighted by molar-refractivity contribution is 6.68. The number of benzene rings is 1. The summed E-state index contributed by atoms with van der Waals surface area (Å²) in [7, 11) is 1.37. The molecule has 14 heteroatoms. The summed E-state index contributed by atoms with van der Waals surface area (Å²) >= 11 is 0. The van der Waals surface area contributed by atoms with E-state index in [1.807, 2.05) is 44.2 Å². The average molecular weight is 581 g/mol. The van der Waals surface area contributed by atoms with E-state index in [2.05, 4.69) is 20.9 Å². The molecular formula is C28H34BN4O9-. The Kier molecular flexibility index (Phi) is 8.97. The minimum atomic E-state index is -3.21. The normalized spacial score (nSPS) is 23.3. The molecule has 5 atom stereocenters. The zero-order valence-corrected chi connectivity index (χ0v) is 23.8. The number of carbonyl (C=O) groups excluding carboxylic acids is 5. The first-order chi connectivity index (χ1) is 19.9. The second kappa shape index (κ2) is 12.3. The van der Waals surface area contributed by atoms with Crippen molar-refractivity contribution in [3.8, 4) is 11.3 Å². The molecule has 2 aliphatic heterocycles. The third kappa shape index (κ3) is 6.44. The fourth-order valence-electron chi connectivity index (χ4n) is 5.09. The highest BCUT2D eigenvalue weighted by atomic mass is 16.8. The van der Waals surface area contributed by atoms with Crippen molar-refractivity contribution in [2.24, 2.45) is 5.92 Å². The smallest absolute Gasteiger partial charge is 0.518 e. The lowest BCUT2D eigenvalue weighted by atomic mass is 9.64. The quantitative estimate of drug-likeness (QED) is 0.275. The minimum absolute atomic E-state index is 0.0181. The van der Waals surface area contributed by atoms with Crippen LogP contribution in [0.4, 0.5) is 0 Å². The molecule has 2 saturated heterocycles. The van der Waals surface area contributed by atoms with Gasteiger partial charge in [0.05, 0.1) is 24.6 Å². The largest absolute Gasteiger partial charge is 0.632 e. The lowest BCUT2D eigenvalue weighted by molar-refractivity contribution is -0.156. The number of nitrogens with one attached hydrogen (secondary N) is 3. The van der Waals surface area contributed by atoms with E-state index in [0.29, 0.717) is 5.69 Å². The first-order valence-corrected chi connectivity index (χ1v) is 13.7. The Morgan fingerprint density at radius 1 is 1.02 bits per heavy atom. The highest BCUT2D eigenvalue weighted by Gasteiger charge is 2.64. The predicted octanol–water partition coefficient (Wildman–Crippen LogP) is 0.632. The van der Waals surface area contributed by atoms with Crippen LogP contribution in [0.3, 0.4) is 0 Å². The number of pyridine rings is 1. The number of amides is 3. The Hall–Kier alpha value is -4.30. The molecule has 2 fully saturated rings. The lowest BCUT2D eigenvalue weighted by Gasteiger charge is -2.46. The van der Waals surface area contributed by atoms with Gasteiger partial charge in [-0.1, -0.05) is 56.7 Å². The van der Waals surface area contributed by atoms with Gasteiger partial charge in [-0.25, -0.2) is 4.98 Å². The van der Waals surface area contributed by atoms with Crippen LogP contribution < -0.4 is 16.0 Å². The van der Waals surface area contributed by atoms with Crippen molar-refractivity contribution in [2.75, 3.05) is 7.05 Å². The van der Waals surface area contributed by atoms with Gasteiger partial charge in [0.25, 0.3) is 17.8 Å². The number of hydrogen-bond acceptors (Lipinski definition) is 10. The molecule has 0 aliphatic carbocycles. The van der Waals surface area contributed by atoms with Crippen LogP contribution in [-0.4, -0.2) is 77.2 Å². The molecule has 2 aliphatic rings. The molecule has 2 aromatic rings. The maximum Gasteiger partial charge on any atom is 0.518 e. The van der Waals surface area contributed by atoms with Crippen molar-refractivity contribution >= 4 is 36.4 Å². The third-order valence-electron chi connectivity index (χ3n) is 7.13. The molecule has 3 amide bonds. The van der Waals surface area contributed by atoms with Crippen LogP contribution >= 0.6 is 0 Å². The summed E-state index contributed by atoms with van der Waals surface area (Å²) in [6.07, 6.45) is -2.25. The summed E-state index contributed by atoms with van der Waals surface area (Å²) < 4.78 is 16.9. The Labute approximate surface area is 242 Å². The van der Waals surface area contributed by atoms with Gasteiger partial charge in [0.15, 0.2) is 0 Å². The van der Waals surface area contributed by atoms with Crippen LogP contribution in [0.2, 0.25) is 0 Å². The highest BCUT2D eigenvalue weighted by Crippen LogP contribution is 2.43. The van der Waals surface area contributed by atoms with Gasteiger partial charge in [0.1, 0.15) is 17.3 Å². The Bertz CT molecular complexity index is 1370. The van der Waals surface area contributed by atoms with Crippen molar-refractivity contribution in [3.05, 3.63) is 54.2 Å². The van der Waals surface area contributed by atoms with E-state index in [-0.39, 0.29) is 18.0 Å². The molecule has 2 bridgehead atoms. The predicted molar refractivity (Wildman–Crippen MR) is 149 cm³/mol. The second-order valence-electron chi connectivity index (χ2n) is 10.9. The number of aromatic nitrogens is 1. The molecule has 2 unspecified atom stereocenters. The Morgan fingerprint density at radius 3 is 2.38 bits per heavy atom. The van der Waals surface area contributed by atoms with Crippen LogP contribution in [0.25, 0.3) is 11.3 Å². The number of aliphatic hydroxyl groups is 1. The maximum atomic E-state index is 13.5. The molecule has 0 radical (unpaired) electrons. The fourth-order valence-corrected chi connectivity index (χ4v) is 5.09. The number of rotatable bonds is 11. The minimum Gasteiger partial charge on any atom is -0.632 e. The summed E-state index contributed by atoms with van der Waals surface area (Å²) in [5.74, 6) is -5.20. The number of aliphatic hydroxyl groups excluding tert-OH is 1. The summed E-state index contributed by atoms with van der Waals surface area (Å²) in [6, 6.07) is 12.6. The van der Waals surface area contributed by atoms with Crippen LogP contribution in [0.15, 0.2) is 48.5 Å². The first-order valence-electron chi connectivity index (χ1n) is 13.7. The molecule has 0 spiro atoms. The second-order valence-corrected chi connectivity index (χ2v) is 10.9. The van der Waals surface area contributed by atoms with Crippen molar-refractivity contribution in [1.82, 2.24) is 20.9 Å². The van der Waals surface area contributed by atoms with E-state index in [4.69, 9.17) is 14.0 Å². The van der Waals surface area contributed by atoms with Crippen LogP contribution in [0.5, 0.6) is 0 Å². The molecule has 3 heterocycles. The van der Waals surface area contributed by atoms with E-state index >= 15 is 0 Å². The van der Waals surface area contributed by atoms with Crippen molar-refractivity contribution < 1.29 is 43.0 Å². The van der Waals surface area contributed by atoms with Gasteiger partial charge in [0.2, 0.25) is 11.8 Å². The lowest BCUT2D eigenvalue weighted by Crippen LogP contribution is -2.67. The Morgan fingerprint density at radius 2 is 1.74 bits per heavy atom. The number of fused-ring (bicyclic) bond motifs is 2. The van der Waals surface area contributed by atoms with Gasteiger partial charge in [-0.15, -0.1) is 0 Å². The topological polar surface area (TPSA) is 182 Å². The van der Waals surface area contributed by atoms with Crippen molar-refractivity contribution in [2.45, 2.75) is 63.7 Å². The van der Waals surface area contributed by atoms with Gasteiger partial charge >= 0.3 is 6.75 Å². The maximum absolute atomic E-state index is 13.5. The molecule has 1 aromatic carbocycles. The van der Waals surface area contributed by atoms with Crippen LogP contribution in [0.1, 0.15) is 50.5 Å². The van der Waals surface area contributed by atoms with E-state index in [1.54, 1.807) is 12.1 Å². The number of hydrogen-bond donors (Lipinski definition) is 4. The number of carbonyl (C=O) groups is 5. The third-order valence-corrected chi connectivity index (χ3v) is 7.13. The summed E-state index contributed by atoms with van der Waals surface area (Å²) in [5.41, 5.74) is -0.553. The van der Waals surface area contributed by atoms with E-state index in [1.165, 1.54) is 20.0 Å². The van der Waals surface area contributed by atoms with Crippen molar-refractivity contribution in [3.63, 3.8) is 0 Å². The summed E-state index contributed by atoms with van der Waals surface area (Å²) in [4.78, 5) is 68.8. The zero-order valence-electron chi connectivity index (χ0n) is 23.8. The van der Waals surface area contributed by atoms with E-state index < -0.39 is 72.9 Å². The standard InChI is InChI=1S/C28H34BN4O9/c1-16(2)13-21(29-40-23(36)15-28(42-29,27(39)41-29)14-22(35)30-4)32-26(38)24(17(3)34)33-25(37)20-12-8-11-19(31-20)18-9-6-5-7-10-18/h5-12,16-17,21,24,34H,13-15H2,1-4H3,(H,30,35)(H,32,38)(H,33,37)/q-1/t17-,21?,24+,28+,29?/m1/s1. The van der Waals surface area contributed by atoms with Gasteiger partial charge in [-0.05, 0) is 25.0 Å². The zero-order chi connectivity index (χ0) is 30.7. The van der Waals surface area contributed by atoms with Crippen LogP contribution in [-0.2, 0) is 33.1 Å². The van der Waals surface area contributed by atoms with Gasteiger partial charge in [-0.3, -0.25) is 24.0 Å². The van der Waals surface area contributed by atoms with Gasteiger partial charge in [-0.2, -0.15) is 0 Å². The first kappa shape index (κ1) is 30.7. The summed E-state index contributed by atoms with van der Waals surface area (Å²) in [6.45, 7) is 1.76. The van der Waals surface area contributed by atoms with Crippen molar-refractivity contribution in [1.29, 1.82) is 0 Å². The fraction of sp³-hybridized carbons (Fsp3) is 0.429. The molecule has 13 nitrogen and oxygen atoms in total. The van der Waals surface area contributed by atoms with Crippen LogP contribution in [0, 0.1) is 5.92 Å². The SMILES string of the molecule is CNC(=O)C[C@]12CC(=O)O[B-](C(CC(C)C)NC(=O)[C@@H](NC(=O)c3cccc(-c4ccccc4)n3)[C@@H](C)O)(OC1=O)O2. The molecule has 0 saturated carbocycles. The molecular weight excluding hydrogens is 547 g/mol. The molecule has 4 rings (SSSR count). The molecule has 224 valence electrons. The van der Waals surface area contributed by atoms with Gasteiger partial charge < -0.3 is 35.0 Å². The average Bonchev–Trinajstić information content (AvgIpc) is 3.15. The number of nitrogens with zero attached hydrogens (tertiary/aromatic N) is 1.